The first kappa shape index (κ1) is 20.3. The van der Waals surface area contributed by atoms with Crippen molar-refractivity contribution in [2.24, 2.45) is 5.11 Å². The molecule has 0 saturated carbocycles. The Morgan fingerprint density at radius 2 is 1.84 bits per heavy atom. The summed E-state index contributed by atoms with van der Waals surface area (Å²) in [6.45, 7) is 2.61. The highest BCUT2D eigenvalue weighted by molar-refractivity contribution is 7.86. The third kappa shape index (κ3) is 5.49. The minimum atomic E-state index is -3.98. The van der Waals surface area contributed by atoms with Gasteiger partial charge in [-0.25, -0.2) is 0 Å². The van der Waals surface area contributed by atoms with Gasteiger partial charge >= 0.3 is 0 Å². The molecule has 0 aromatic carbocycles. The molecule has 0 aliphatic carbocycles. The smallest absolute Gasteiger partial charge is 0.264 e. The Morgan fingerprint density at radius 3 is 2.36 bits per heavy atom. The van der Waals surface area contributed by atoms with Gasteiger partial charge in [-0.3, -0.25) is 8.37 Å². The van der Waals surface area contributed by atoms with Crippen molar-refractivity contribution in [2.45, 2.75) is 50.3 Å². The molecule has 0 radical (unpaired) electrons. The maximum Gasteiger partial charge on any atom is 0.264 e. The van der Waals surface area contributed by atoms with Gasteiger partial charge in [0.2, 0.25) is 0 Å². The van der Waals surface area contributed by atoms with Gasteiger partial charge in [0.25, 0.3) is 20.2 Å². The van der Waals surface area contributed by atoms with Crippen LogP contribution in [0, 0.1) is 0 Å². The lowest BCUT2D eigenvalue weighted by atomic mass is 10.0. The highest BCUT2D eigenvalue weighted by Crippen LogP contribution is 2.40. The Hall–Kier alpha value is -0.990. The topological polar surface area (TPSA) is 163 Å². The Balaban J connectivity index is 2.27. The number of nitrogens with zero attached hydrogens (tertiary/aromatic N) is 3. The molecule has 5 atom stereocenters. The minimum absolute atomic E-state index is 0.656. The predicted octanol–water partition coefficient (Wildman–Crippen LogP) is -0.137. The third-order valence-corrected chi connectivity index (χ3v) is 4.51. The first-order valence-electron chi connectivity index (χ1n) is 7.09. The second kappa shape index (κ2) is 6.96. The zero-order chi connectivity index (χ0) is 19.0. The van der Waals surface area contributed by atoms with Gasteiger partial charge < -0.3 is 14.2 Å². The summed E-state index contributed by atoms with van der Waals surface area (Å²) in [4.78, 5) is 2.71. The summed E-state index contributed by atoms with van der Waals surface area (Å²) in [5.74, 6) is -0.986. The van der Waals surface area contributed by atoms with Crippen LogP contribution in [0.5, 0.6) is 0 Å². The summed E-state index contributed by atoms with van der Waals surface area (Å²) in [6.07, 6.45) is -2.69. The van der Waals surface area contributed by atoms with Crippen molar-refractivity contribution in [2.75, 3.05) is 19.1 Å². The van der Waals surface area contributed by atoms with Crippen LogP contribution < -0.4 is 0 Å². The monoisotopic (exact) mass is 401 g/mol. The van der Waals surface area contributed by atoms with Crippen LogP contribution in [0.1, 0.15) is 13.8 Å². The molecule has 0 unspecified atom stereocenters. The number of rotatable bonds is 7. The molecule has 0 aromatic rings. The summed E-state index contributed by atoms with van der Waals surface area (Å²) in [6, 6.07) is -1.01. The summed E-state index contributed by atoms with van der Waals surface area (Å²) in [5, 5.41) is 3.58. The zero-order valence-electron chi connectivity index (χ0n) is 13.9. The van der Waals surface area contributed by atoms with Gasteiger partial charge in [0.1, 0.15) is 18.3 Å². The number of fused-ring (bicyclic) bond motifs is 1. The molecular weight excluding hydrogens is 382 g/mol. The second-order valence-corrected chi connectivity index (χ2v) is 9.34. The molecule has 144 valence electrons. The van der Waals surface area contributed by atoms with Gasteiger partial charge in [-0.15, -0.1) is 0 Å². The van der Waals surface area contributed by atoms with Crippen molar-refractivity contribution in [1.82, 2.24) is 0 Å². The van der Waals surface area contributed by atoms with E-state index in [-0.39, 0.29) is 0 Å². The number of ether oxygens (including phenoxy) is 3. The van der Waals surface area contributed by atoms with E-state index < -0.39 is 63.3 Å². The molecule has 0 N–H and O–H groups in total. The van der Waals surface area contributed by atoms with Crippen molar-refractivity contribution < 1.29 is 39.4 Å². The molecule has 14 heteroatoms. The Morgan fingerprint density at radius 1 is 1.20 bits per heavy atom. The van der Waals surface area contributed by atoms with E-state index in [2.05, 4.69) is 14.2 Å². The quantitative estimate of drug-likeness (QED) is 0.244. The maximum atomic E-state index is 11.5. The largest absolute Gasteiger partial charge is 0.343 e. The van der Waals surface area contributed by atoms with E-state index in [1.807, 2.05) is 0 Å². The van der Waals surface area contributed by atoms with E-state index in [0.717, 1.165) is 12.5 Å². The molecular formula is C11H19N3O9S2. The van der Waals surface area contributed by atoms with Crippen LogP contribution in [-0.2, 0) is 42.8 Å². The van der Waals surface area contributed by atoms with Crippen molar-refractivity contribution in [3.05, 3.63) is 10.4 Å². The fourth-order valence-corrected chi connectivity index (χ4v) is 3.60. The average Bonchev–Trinajstić information content (AvgIpc) is 2.86. The number of azide groups is 1. The lowest BCUT2D eigenvalue weighted by Gasteiger charge is -2.27. The zero-order valence-corrected chi connectivity index (χ0v) is 15.6. The third-order valence-electron chi connectivity index (χ3n) is 3.35. The predicted molar refractivity (Wildman–Crippen MR) is 82.1 cm³/mol. The highest BCUT2D eigenvalue weighted by atomic mass is 32.2. The molecule has 2 aliphatic heterocycles. The van der Waals surface area contributed by atoms with Gasteiger partial charge in [-0.2, -0.15) is 16.8 Å². The van der Waals surface area contributed by atoms with E-state index in [0.29, 0.717) is 0 Å². The van der Waals surface area contributed by atoms with E-state index in [1.54, 1.807) is 13.8 Å². The van der Waals surface area contributed by atoms with Crippen molar-refractivity contribution >= 4 is 20.2 Å². The van der Waals surface area contributed by atoms with Crippen LogP contribution >= 0.6 is 0 Å². The first-order valence-corrected chi connectivity index (χ1v) is 10.7. The van der Waals surface area contributed by atoms with Crippen LogP contribution in [0.3, 0.4) is 0 Å². The molecule has 0 bridgehead atoms. The molecule has 0 amide bonds. The van der Waals surface area contributed by atoms with Crippen molar-refractivity contribution in [1.29, 1.82) is 0 Å². The summed E-state index contributed by atoms with van der Waals surface area (Å²) < 4.78 is 71.6. The molecule has 12 nitrogen and oxygen atoms in total. The summed E-state index contributed by atoms with van der Waals surface area (Å²) >= 11 is 0. The van der Waals surface area contributed by atoms with Gasteiger partial charge in [0.05, 0.1) is 25.2 Å². The van der Waals surface area contributed by atoms with Crippen molar-refractivity contribution in [3.8, 4) is 0 Å². The molecule has 2 rings (SSSR count). The van der Waals surface area contributed by atoms with Gasteiger partial charge in [-0.1, -0.05) is 5.11 Å². The molecule has 2 aliphatic rings. The minimum Gasteiger partial charge on any atom is -0.343 e. The lowest BCUT2D eigenvalue weighted by molar-refractivity contribution is -0.215. The van der Waals surface area contributed by atoms with Crippen molar-refractivity contribution in [3.63, 3.8) is 0 Å². The van der Waals surface area contributed by atoms with Crippen LogP contribution in [0.2, 0.25) is 0 Å². The van der Waals surface area contributed by atoms with Gasteiger partial charge in [0, 0.05) is 4.91 Å². The van der Waals surface area contributed by atoms with Crippen LogP contribution in [0.25, 0.3) is 10.4 Å². The Labute approximate surface area is 145 Å². The SMILES string of the molecule is CC1(C)O[C@H]2O[C@H]([C@@H](COS(C)(=O)=O)OS(C)(=O)=O)[C@H](N=[N+]=[N-])[C@H]2O1. The van der Waals surface area contributed by atoms with Crippen LogP contribution in [0.15, 0.2) is 5.11 Å². The highest BCUT2D eigenvalue weighted by Gasteiger charge is 2.57. The number of hydrogen-bond donors (Lipinski definition) is 0. The Kier molecular flexibility index (Phi) is 5.66. The summed E-state index contributed by atoms with van der Waals surface area (Å²) in [5.41, 5.74) is 8.79. The lowest BCUT2D eigenvalue weighted by Crippen LogP contribution is -2.44. The normalized spacial score (nSPS) is 32.8. The standard InChI is InChI=1S/C11H19N3O9S2/c1-11(2)21-9-7(13-14-12)8(20-10(9)22-11)6(23-25(4,17)18)5-19-24(3,15)16/h6-10H,5H2,1-4H3/t6-,7+,8-,9-,10-/m1/s1. The number of hydrogen-bond acceptors (Lipinski definition) is 10. The summed E-state index contributed by atoms with van der Waals surface area (Å²) in [7, 11) is -7.85. The molecule has 0 aromatic heterocycles. The van der Waals surface area contributed by atoms with E-state index >= 15 is 0 Å². The molecule has 0 spiro atoms. The molecule has 2 fully saturated rings. The molecule has 2 saturated heterocycles. The van der Waals surface area contributed by atoms with Crippen LogP contribution in [-0.4, -0.2) is 72.4 Å². The first-order chi connectivity index (χ1) is 11.3. The van der Waals surface area contributed by atoms with E-state index in [4.69, 9.17) is 23.9 Å². The van der Waals surface area contributed by atoms with E-state index in [1.165, 1.54) is 0 Å². The van der Waals surface area contributed by atoms with Crippen LogP contribution in [0.4, 0.5) is 0 Å². The molecule has 2 heterocycles. The fourth-order valence-electron chi connectivity index (χ4n) is 2.61. The Bertz CT molecular complexity index is 760. The van der Waals surface area contributed by atoms with Gasteiger partial charge in [-0.05, 0) is 19.4 Å². The molecule has 25 heavy (non-hydrogen) atoms. The van der Waals surface area contributed by atoms with E-state index in [9.17, 15) is 16.8 Å². The van der Waals surface area contributed by atoms with Gasteiger partial charge in [0.15, 0.2) is 12.1 Å². The average molecular weight is 401 g/mol. The fraction of sp³-hybridized carbons (Fsp3) is 1.00. The second-order valence-electron chi connectivity index (χ2n) is 6.09. The maximum absolute atomic E-state index is 11.5.